The lowest BCUT2D eigenvalue weighted by Gasteiger charge is -2.35. The molecule has 98 valence electrons. The molecule has 2 rings (SSSR count). The van der Waals surface area contributed by atoms with Gasteiger partial charge in [-0.1, -0.05) is 30.3 Å². The van der Waals surface area contributed by atoms with Gasteiger partial charge in [0.25, 0.3) is 0 Å². The lowest BCUT2D eigenvalue weighted by Crippen LogP contribution is -2.48. The van der Waals surface area contributed by atoms with Crippen LogP contribution >= 0.6 is 0 Å². The molecule has 1 aromatic carbocycles. The van der Waals surface area contributed by atoms with Crippen molar-refractivity contribution in [1.29, 1.82) is 0 Å². The number of aliphatic hydroxyl groups excluding tert-OH is 1. The van der Waals surface area contributed by atoms with Gasteiger partial charge in [-0.3, -0.25) is 9.80 Å². The van der Waals surface area contributed by atoms with E-state index in [0.717, 1.165) is 32.7 Å². The fraction of sp³-hybridized carbons (Fsp3) is 0.500. The number of aldehydes is 1. The zero-order valence-electron chi connectivity index (χ0n) is 10.5. The second-order valence-corrected chi connectivity index (χ2v) is 4.77. The van der Waals surface area contributed by atoms with Gasteiger partial charge in [0, 0.05) is 39.3 Å². The Morgan fingerprint density at radius 2 is 1.72 bits per heavy atom. The molecule has 0 unspecified atom stereocenters. The van der Waals surface area contributed by atoms with E-state index in [4.69, 9.17) is 0 Å². The molecular weight excluding hydrogens is 228 g/mol. The normalized spacial score (nSPS) is 19.6. The zero-order chi connectivity index (χ0) is 12.8. The van der Waals surface area contributed by atoms with Crippen LogP contribution in [0.25, 0.3) is 0 Å². The highest BCUT2D eigenvalue weighted by molar-refractivity contribution is 5.55. The lowest BCUT2D eigenvalue weighted by atomic mass is 10.2. The van der Waals surface area contributed by atoms with Crippen LogP contribution in [0.3, 0.4) is 0 Å². The summed E-state index contributed by atoms with van der Waals surface area (Å²) in [6, 6.07) is 10.4. The smallest absolute Gasteiger partial charge is 0.149 e. The summed E-state index contributed by atoms with van der Waals surface area (Å²) >= 11 is 0. The molecule has 1 N–H and O–H groups in total. The molecule has 0 spiro atoms. The molecule has 1 aliphatic rings. The van der Waals surface area contributed by atoms with Gasteiger partial charge in [-0.05, 0) is 5.56 Å². The largest absolute Gasteiger partial charge is 0.384 e. The van der Waals surface area contributed by atoms with Crippen molar-refractivity contribution in [2.75, 3.05) is 32.7 Å². The van der Waals surface area contributed by atoms with Crippen LogP contribution in [0.4, 0.5) is 0 Å². The molecule has 4 heteroatoms. The molecule has 1 saturated heterocycles. The first kappa shape index (κ1) is 13.2. The van der Waals surface area contributed by atoms with E-state index in [-0.39, 0.29) is 0 Å². The first-order chi connectivity index (χ1) is 8.78. The summed E-state index contributed by atoms with van der Waals surface area (Å²) in [5, 5.41) is 9.29. The second-order valence-electron chi connectivity index (χ2n) is 4.77. The Hall–Kier alpha value is -1.23. The maximum absolute atomic E-state index is 10.4. The summed E-state index contributed by atoms with van der Waals surface area (Å²) in [5.74, 6) is 0. The summed E-state index contributed by atoms with van der Waals surface area (Å²) in [7, 11) is 0. The van der Waals surface area contributed by atoms with Gasteiger partial charge in [-0.2, -0.15) is 0 Å². The van der Waals surface area contributed by atoms with Gasteiger partial charge in [0.05, 0.1) is 0 Å². The van der Waals surface area contributed by atoms with Crippen LogP contribution in [0.5, 0.6) is 0 Å². The Balaban J connectivity index is 1.75. The maximum Gasteiger partial charge on any atom is 0.149 e. The number of hydrogen-bond donors (Lipinski definition) is 1. The molecule has 0 saturated carbocycles. The Morgan fingerprint density at radius 3 is 2.33 bits per heavy atom. The van der Waals surface area contributed by atoms with Crippen molar-refractivity contribution < 1.29 is 9.90 Å². The minimum atomic E-state index is -0.842. The molecule has 1 heterocycles. The van der Waals surface area contributed by atoms with Crippen molar-refractivity contribution in [3.05, 3.63) is 35.9 Å². The van der Waals surface area contributed by atoms with E-state index in [0.29, 0.717) is 12.8 Å². The monoisotopic (exact) mass is 248 g/mol. The Labute approximate surface area is 108 Å². The predicted molar refractivity (Wildman–Crippen MR) is 70.2 cm³/mol. The highest BCUT2D eigenvalue weighted by Gasteiger charge is 2.18. The third-order valence-electron chi connectivity index (χ3n) is 3.32. The number of carbonyl (C=O) groups excluding carboxylic acids is 1. The number of hydrogen-bond acceptors (Lipinski definition) is 4. The number of rotatable bonds is 5. The summed E-state index contributed by atoms with van der Waals surface area (Å²) < 4.78 is 0. The quantitative estimate of drug-likeness (QED) is 0.764. The minimum Gasteiger partial charge on any atom is -0.384 e. The molecular formula is C14H20N2O2. The van der Waals surface area contributed by atoms with Gasteiger partial charge in [0.15, 0.2) is 0 Å². The van der Waals surface area contributed by atoms with Gasteiger partial charge in [0.1, 0.15) is 12.4 Å². The van der Waals surface area contributed by atoms with Crippen LogP contribution in [0.1, 0.15) is 5.56 Å². The van der Waals surface area contributed by atoms with E-state index in [1.54, 1.807) is 0 Å². The molecule has 1 aliphatic heterocycles. The molecule has 1 atom stereocenters. The van der Waals surface area contributed by atoms with Crippen LogP contribution in [0.15, 0.2) is 30.3 Å². The Morgan fingerprint density at radius 1 is 1.11 bits per heavy atom. The zero-order valence-corrected chi connectivity index (χ0v) is 10.5. The molecule has 18 heavy (non-hydrogen) atoms. The highest BCUT2D eigenvalue weighted by atomic mass is 16.3. The van der Waals surface area contributed by atoms with Crippen molar-refractivity contribution in [2.24, 2.45) is 0 Å². The summed E-state index contributed by atoms with van der Waals surface area (Å²) in [4.78, 5) is 14.9. The molecule has 0 radical (unpaired) electrons. The third-order valence-corrected chi connectivity index (χ3v) is 3.32. The minimum absolute atomic E-state index is 0.461. The van der Waals surface area contributed by atoms with Crippen molar-refractivity contribution in [3.8, 4) is 0 Å². The molecule has 0 amide bonds. The fourth-order valence-electron chi connectivity index (χ4n) is 2.28. The van der Waals surface area contributed by atoms with Crippen molar-refractivity contribution in [2.45, 2.75) is 12.6 Å². The standard InChI is InChI=1S/C14H20N2O2/c17-12-14(18)11-16-8-6-15(7-9-16)10-13-4-2-1-3-5-13/h1-5,12,14,18H,6-11H2/t14-/m0/s1. The summed E-state index contributed by atoms with van der Waals surface area (Å²) in [6.07, 6.45) is -0.234. The van der Waals surface area contributed by atoms with Crippen molar-refractivity contribution >= 4 is 6.29 Å². The van der Waals surface area contributed by atoms with E-state index >= 15 is 0 Å². The van der Waals surface area contributed by atoms with Crippen molar-refractivity contribution in [3.63, 3.8) is 0 Å². The van der Waals surface area contributed by atoms with E-state index in [9.17, 15) is 9.90 Å². The van der Waals surface area contributed by atoms with Crippen LogP contribution in [0, 0.1) is 0 Å². The maximum atomic E-state index is 10.4. The van der Waals surface area contributed by atoms with E-state index in [1.165, 1.54) is 5.56 Å². The van der Waals surface area contributed by atoms with Gasteiger partial charge in [-0.15, -0.1) is 0 Å². The summed E-state index contributed by atoms with van der Waals surface area (Å²) in [5.41, 5.74) is 1.33. The molecule has 1 fully saturated rings. The number of carbonyl (C=O) groups is 1. The second kappa shape index (κ2) is 6.64. The van der Waals surface area contributed by atoms with Crippen LogP contribution in [0.2, 0.25) is 0 Å². The number of piperazine rings is 1. The third kappa shape index (κ3) is 3.91. The first-order valence-electron chi connectivity index (χ1n) is 6.40. The van der Waals surface area contributed by atoms with E-state index < -0.39 is 6.10 Å². The van der Waals surface area contributed by atoms with Gasteiger partial charge in [0.2, 0.25) is 0 Å². The lowest BCUT2D eigenvalue weighted by molar-refractivity contribution is -0.115. The number of aliphatic hydroxyl groups is 1. The predicted octanol–water partition coefficient (Wildman–Crippen LogP) is 0.364. The van der Waals surface area contributed by atoms with Crippen molar-refractivity contribution in [1.82, 2.24) is 9.80 Å². The molecule has 4 nitrogen and oxygen atoms in total. The summed E-state index contributed by atoms with van der Waals surface area (Å²) in [6.45, 7) is 5.24. The van der Waals surface area contributed by atoms with Crippen LogP contribution in [-0.4, -0.2) is 60.0 Å². The molecule has 0 aliphatic carbocycles. The SMILES string of the molecule is O=C[C@@H](O)CN1CCN(Cc2ccccc2)CC1. The average Bonchev–Trinajstić information content (AvgIpc) is 2.42. The molecule has 1 aromatic rings. The van der Waals surface area contributed by atoms with Crippen LogP contribution < -0.4 is 0 Å². The van der Waals surface area contributed by atoms with Crippen LogP contribution in [-0.2, 0) is 11.3 Å². The molecule has 0 bridgehead atoms. The number of benzene rings is 1. The van der Waals surface area contributed by atoms with Gasteiger partial charge in [-0.25, -0.2) is 0 Å². The highest BCUT2D eigenvalue weighted by Crippen LogP contribution is 2.08. The fourth-order valence-corrected chi connectivity index (χ4v) is 2.28. The molecule has 0 aromatic heterocycles. The number of nitrogens with zero attached hydrogens (tertiary/aromatic N) is 2. The topological polar surface area (TPSA) is 43.8 Å². The van der Waals surface area contributed by atoms with E-state index in [1.807, 2.05) is 6.07 Å². The first-order valence-corrected chi connectivity index (χ1v) is 6.40. The average molecular weight is 248 g/mol. The Bertz CT molecular complexity index is 361. The van der Waals surface area contributed by atoms with Gasteiger partial charge < -0.3 is 9.90 Å². The number of β-amino-alcohol motifs (C(OH)–C–C–N with tert-alkyl or cyclic N) is 1. The Kier molecular flexibility index (Phi) is 4.87. The van der Waals surface area contributed by atoms with Gasteiger partial charge >= 0.3 is 0 Å². The van der Waals surface area contributed by atoms with E-state index in [2.05, 4.69) is 34.1 Å².